The third-order valence-electron chi connectivity index (χ3n) is 4.76. The van der Waals surface area contributed by atoms with E-state index < -0.39 is 0 Å². The van der Waals surface area contributed by atoms with E-state index in [1.807, 2.05) is 11.7 Å². The first kappa shape index (κ1) is 15.7. The highest BCUT2D eigenvalue weighted by Crippen LogP contribution is 2.46. The van der Waals surface area contributed by atoms with Crippen LogP contribution in [0.2, 0.25) is 0 Å². The van der Waals surface area contributed by atoms with Gasteiger partial charge in [-0.25, -0.2) is 4.98 Å². The van der Waals surface area contributed by atoms with Gasteiger partial charge in [-0.3, -0.25) is 9.78 Å². The van der Waals surface area contributed by atoms with Gasteiger partial charge in [-0.15, -0.1) is 22.7 Å². The van der Waals surface area contributed by atoms with Crippen LogP contribution in [0.1, 0.15) is 48.1 Å². The Morgan fingerprint density at radius 2 is 2.17 bits per heavy atom. The topological polar surface area (TPSA) is 68.9 Å². The van der Waals surface area contributed by atoms with Crippen molar-refractivity contribution in [3.8, 4) is 10.4 Å². The number of aromatic nitrogens is 2. The average molecular weight is 358 g/mol. The first-order chi connectivity index (χ1) is 11.4. The summed E-state index contributed by atoms with van der Waals surface area (Å²) >= 11 is 3.03. The standard InChI is InChI=1S/C18H19N3OS2/c1-9(22)16-15(19)14-13(12-7-20-8-23-12)10-4-5-18(2,3)6-11(10)21-17(14)24-16/h7-8H,4-6,19H2,1-3H3. The predicted octanol–water partition coefficient (Wildman–Crippen LogP) is 4.72. The van der Waals surface area contributed by atoms with Gasteiger partial charge in [0.15, 0.2) is 5.78 Å². The van der Waals surface area contributed by atoms with Gasteiger partial charge >= 0.3 is 0 Å². The summed E-state index contributed by atoms with van der Waals surface area (Å²) in [4.78, 5) is 23.7. The van der Waals surface area contributed by atoms with E-state index in [4.69, 9.17) is 10.7 Å². The van der Waals surface area contributed by atoms with Crippen molar-refractivity contribution in [3.63, 3.8) is 0 Å². The predicted molar refractivity (Wildman–Crippen MR) is 101 cm³/mol. The monoisotopic (exact) mass is 357 g/mol. The van der Waals surface area contributed by atoms with E-state index >= 15 is 0 Å². The number of hydrogen-bond acceptors (Lipinski definition) is 6. The van der Waals surface area contributed by atoms with E-state index in [-0.39, 0.29) is 11.2 Å². The van der Waals surface area contributed by atoms with Gasteiger partial charge in [0, 0.05) is 29.8 Å². The molecule has 0 bridgehead atoms. The summed E-state index contributed by atoms with van der Waals surface area (Å²) in [6.07, 6.45) is 4.97. The molecular weight excluding hydrogens is 338 g/mol. The van der Waals surface area contributed by atoms with Crippen molar-refractivity contribution in [1.82, 2.24) is 9.97 Å². The van der Waals surface area contributed by atoms with Gasteiger partial charge in [0.2, 0.25) is 0 Å². The lowest BCUT2D eigenvalue weighted by Gasteiger charge is -2.31. The number of rotatable bonds is 2. The van der Waals surface area contributed by atoms with Gasteiger partial charge < -0.3 is 5.73 Å². The summed E-state index contributed by atoms with van der Waals surface area (Å²) in [5.74, 6) is 0.00376. The zero-order chi connectivity index (χ0) is 17.1. The molecule has 0 spiro atoms. The average Bonchev–Trinajstić information content (AvgIpc) is 3.12. The van der Waals surface area contributed by atoms with Crippen LogP contribution in [0.15, 0.2) is 11.7 Å². The van der Waals surface area contributed by atoms with Gasteiger partial charge in [-0.05, 0) is 30.2 Å². The number of nitrogen functional groups attached to an aromatic ring is 1. The number of nitrogens with two attached hydrogens (primary N) is 1. The summed E-state index contributed by atoms with van der Waals surface area (Å²) in [6, 6.07) is 0. The second-order valence-corrected chi connectivity index (χ2v) is 9.09. The fourth-order valence-corrected chi connectivity index (χ4v) is 5.25. The van der Waals surface area contributed by atoms with Crippen molar-refractivity contribution in [3.05, 3.63) is 27.8 Å². The van der Waals surface area contributed by atoms with E-state index in [1.165, 1.54) is 16.9 Å². The number of Topliss-reactive ketones (excluding diaryl/α,β-unsaturated/α-hetero) is 1. The number of thiophene rings is 1. The lowest BCUT2D eigenvalue weighted by atomic mass is 9.75. The Kier molecular flexibility index (Phi) is 3.51. The van der Waals surface area contributed by atoms with Gasteiger partial charge in [-0.1, -0.05) is 13.8 Å². The molecular formula is C18H19N3OS2. The lowest BCUT2D eigenvalue weighted by molar-refractivity contribution is 0.102. The lowest BCUT2D eigenvalue weighted by Crippen LogP contribution is -2.23. The number of nitrogens with zero attached hydrogens (tertiary/aromatic N) is 2. The van der Waals surface area contributed by atoms with Crippen LogP contribution in [0.5, 0.6) is 0 Å². The Morgan fingerprint density at radius 1 is 1.38 bits per heavy atom. The molecule has 3 aromatic rings. The third kappa shape index (κ3) is 2.36. The number of carbonyl (C=O) groups excluding carboxylic acids is 1. The first-order valence-electron chi connectivity index (χ1n) is 8.01. The van der Waals surface area contributed by atoms with E-state index in [9.17, 15) is 4.79 Å². The molecule has 0 radical (unpaired) electrons. The summed E-state index contributed by atoms with van der Waals surface area (Å²) in [7, 11) is 0. The minimum absolute atomic E-state index is 0.00376. The highest BCUT2D eigenvalue weighted by Gasteiger charge is 2.31. The van der Waals surface area contributed by atoms with E-state index in [2.05, 4.69) is 18.8 Å². The van der Waals surface area contributed by atoms with Crippen LogP contribution in [-0.4, -0.2) is 15.8 Å². The Hall–Kier alpha value is -1.79. The third-order valence-corrected chi connectivity index (χ3v) is 6.75. The number of anilines is 1. The van der Waals surface area contributed by atoms with Crippen molar-refractivity contribution < 1.29 is 4.79 Å². The molecule has 2 N–H and O–H groups in total. The van der Waals surface area contributed by atoms with Crippen molar-refractivity contribution in [2.24, 2.45) is 5.41 Å². The number of thiazole rings is 1. The van der Waals surface area contributed by atoms with Crippen molar-refractivity contribution >= 4 is 44.4 Å². The number of carbonyl (C=O) groups is 1. The second-order valence-electron chi connectivity index (χ2n) is 7.20. The van der Waals surface area contributed by atoms with Gasteiger partial charge in [0.25, 0.3) is 0 Å². The maximum absolute atomic E-state index is 12.0. The second kappa shape index (κ2) is 5.36. The maximum atomic E-state index is 12.0. The molecule has 0 aliphatic heterocycles. The molecule has 0 fully saturated rings. The highest BCUT2D eigenvalue weighted by atomic mass is 32.1. The largest absolute Gasteiger partial charge is 0.397 e. The molecule has 0 amide bonds. The molecule has 124 valence electrons. The summed E-state index contributed by atoms with van der Waals surface area (Å²) in [5.41, 5.74) is 12.6. The molecule has 6 heteroatoms. The van der Waals surface area contributed by atoms with Crippen molar-refractivity contribution in [2.45, 2.75) is 40.0 Å². The Balaban J connectivity index is 2.10. The quantitative estimate of drug-likeness (QED) is 0.674. The molecule has 3 aromatic heterocycles. The normalized spacial score (nSPS) is 16.3. The van der Waals surface area contributed by atoms with Crippen LogP contribution >= 0.6 is 22.7 Å². The molecule has 0 aromatic carbocycles. The fraction of sp³-hybridized carbons (Fsp3) is 0.389. The molecule has 4 rings (SSSR count). The SMILES string of the molecule is CC(=O)c1sc2nc3c(c(-c4cncs4)c2c1N)CCC(C)(C)C3. The number of hydrogen-bond donors (Lipinski definition) is 1. The van der Waals surface area contributed by atoms with E-state index in [0.29, 0.717) is 10.6 Å². The van der Waals surface area contributed by atoms with E-state index in [0.717, 1.165) is 45.6 Å². The van der Waals surface area contributed by atoms with Crippen molar-refractivity contribution in [1.29, 1.82) is 0 Å². The summed E-state index contributed by atoms with van der Waals surface area (Å²) in [6.45, 7) is 6.15. The zero-order valence-electron chi connectivity index (χ0n) is 14.0. The molecule has 3 heterocycles. The van der Waals surface area contributed by atoms with Crippen LogP contribution < -0.4 is 5.73 Å². The Morgan fingerprint density at radius 3 is 2.83 bits per heavy atom. The molecule has 24 heavy (non-hydrogen) atoms. The van der Waals surface area contributed by atoms with Crippen LogP contribution in [0.3, 0.4) is 0 Å². The van der Waals surface area contributed by atoms with Crippen LogP contribution in [0, 0.1) is 5.41 Å². The molecule has 0 atom stereocenters. The molecule has 0 unspecified atom stereocenters. The number of pyridine rings is 1. The van der Waals surface area contributed by atoms with Crippen LogP contribution in [0.4, 0.5) is 5.69 Å². The molecule has 1 aliphatic carbocycles. The maximum Gasteiger partial charge on any atom is 0.171 e. The zero-order valence-corrected chi connectivity index (χ0v) is 15.6. The number of fused-ring (bicyclic) bond motifs is 2. The van der Waals surface area contributed by atoms with Crippen LogP contribution in [0.25, 0.3) is 20.7 Å². The number of ketones is 1. The molecule has 4 nitrogen and oxygen atoms in total. The first-order valence-corrected chi connectivity index (χ1v) is 9.70. The van der Waals surface area contributed by atoms with E-state index in [1.54, 1.807) is 18.3 Å². The fourth-order valence-electron chi connectivity index (χ4n) is 3.53. The molecule has 1 aliphatic rings. The molecule has 0 saturated heterocycles. The smallest absolute Gasteiger partial charge is 0.171 e. The highest BCUT2D eigenvalue weighted by molar-refractivity contribution is 7.21. The Labute approximate surface area is 148 Å². The molecule has 0 saturated carbocycles. The van der Waals surface area contributed by atoms with Gasteiger partial charge in [0.05, 0.1) is 21.0 Å². The minimum atomic E-state index is 0.00376. The Bertz CT molecular complexity index is 955. The van der Waals surface area contributed by atoms with Gasteiger partial charge in [-0.2, -0.15) is 0 Å². The minimum Gasteiger partial charge on any atom is -0.397 e. The van der Waals surface area contributed by atoms with Gasteiger partial charge in [0.1, 0.15) is 4.83 Å². The summed E-state index contributed by atoms with van der Waals surface area (Å²) in [5, 5.41) is 0.938. The van der Waals surface area contributed by atoms with Crippen molar-refractivity contribution in [2.75, 3.05) is 5.73 Å². The summed E-state index contributed by atoms with van der Waals surface area (Å²) < 4.78 is 0. The van der Waals surface area contributed by atoms with Crippen LogP contribution in [-0.2, 0) is 12.8 Å².